The van der Waals surface area contributed by atoms with E-state index in [1.807, 2.05) is 49.4 Å². The molecule has 2 aromatic rings. The van der Waals surface area contributed by atoms with E-state index in [4.69, 9.17) is 4.74 Å². The summed E-state index contributed by atoms with van der Waals surface area (Å²) in [4.78, 5) is 11.9. The second kappa shape index (κ2) is 9.24. The van der Waals surface area contributed by atoms with Crippen molar-refractivity contribution in [2.24, 2.45) is 0 Å². The molecule has 0 aliphatic heterocycles. The van der Waals surface area contributed by atoms with Crippen LogP contribution >= 0.6 is 0 Å². The molecule has 26 heavy (non-hydrogen) atoms. The molecule has 140 valence electrons. The zero-order chi connectivity index (χ0) is 19.0. The number of nitrogens with zero attached hydrogens (tertiary/aromatic N) is 1. The number of rotatable bonds is 9. The van der Waals surface area contributed by atoms with E-state index in [9.17, 15) is 13.2 Å². The highest BCUT2D eigenvalue weighted by atomic mass is 32.2. The van der Waals surface area contributed by atoms with Gasteiger partial charge in [0, 0.05) is 6.54 Å². The number of carbonyl (C=O) groups excluding carboxylic acids is 1. The van der Waals surface area contributed by atoms with Gasteiger partial charge in [0.15, 0.2) is 0 Å². The van der Waals surface area contributed by atoms with Crippen LogP contribution in [-0.4, -0.2) is 40.3 Å². The van der Waals surface area contributed by atoms with Crippen LogP contribution in [0.3, 0.4) is 0 Å². The normalized spacial score (nSPS) is 11.0. The Hall–Kier alpha value is -2.54. The van der Waals surface area contributed by atoms with Gasteiger partial charge in [0.1, 0.15) is 5.75 Å². The van der Waals surface area contributed by atoms with Gasteiger partial charge in [-0.3, -0.25) is 9.10 Å². The molecule has 0 aromatic heterocycles. The minimum absolute atomic E-state index is 0.174. The van der Waals surface area contributed by atoms with Crippen LogP contribution in [0.1, 0.15) is 12.0 Å². The van der Waals surface area contributed by atoms with Gasteiger partial charge >= 0.3 is 0 Å². The summed E-state index contributed by atoms with van der Waals surface area (Å²) in [5.74, 6) is 0.529. The highest BCUT2D eigenvalue weighted by molar-refractivity contribution is 7.92. The topological polar surface area (TPSA) is 75.7 Å². The Bertz CT molecular complexity index is 805. The van der Waals surface area contributed by atoms with Crippen LogP contribution in [0, 0.1) is 6.92 Å². The van der Waals surface area contributed by atoms with Crippen molar-refractivity contribution >= 4 is 21.6 Å². The summed E-state index contributed by atoms with van der Waals surface area (Å²) >= 11 is 0. The number of sulfonamides is 1. The molecule has 0 bridgehead atoms. The average molecular weight is 376 g/mol. The van der Waals surface area contributed by atoms with Gasteiger partial charge < -0.3 is 10.1 Å². The van der Waals surface area contributed by atoms with E-state index >= 15 is 0 Å². The third kappa shape index (κ3) is 6.40. The smallest absolute Gasteiger partial charge is 0.232 e. The van der Waals surface area contributed by atoms with Gasteiger partial charge in [-0.25, -0.2) is 8.42 Å². The standard InChI is InChI=1S/C19H24N2O4S/c1-16-8-10-17(11-9-16)21(26(2,23)24)14-13-20-19(22)12-15-25-18-6-4-3-5-7-18/h3-11H,12-15H2,1-2H3,(H,20,22). The van der Waals surface area contributed by atoms with E-state index in [1.54, 1.807) is 12.1 Å². The molecule has 0 aliphatic rings. The number of amides is 1. The summed E-state index contributed by atoms with van der Waals surface area (Å²) in [5.41, 5.74) is 1.63. The highest BCUT2D eigenvalue weighted by Crippen LogP contribution is 2.17. The number of carbonyl (C=O) groups is 1. The molecule has 2 aromatic carbocycles. The summed E-state index contributed by atoms with van der Waals surface area (Å²) < 4.78 is 30.8. The first-order valence-corrected chi connectivity index (χ1v) is 10.2. The summed E-state index contributed by atoms with van der Waals surface area (Å²) in [6.45, 7) is 2.61. The third-order valence-corrected chi connectivity index (χ3v) is 4.89. The Morgan fingerprint density at radius 1 is 1.08 bits per heavy atom. The molecule has 0 radical (unpaired) electrons. The van der Waals surface area contributed by atoms with Gasteiger partial charge in [0.2, 0.25) is 15.9 Å². The Balaban J connectivity index is 1.79. The van der Waals surface area contributed by atoms with E-state index in [0.29, 0.717) is 11.4 Å². The second-order valence-corrected chi connectivity index (χ2v) is 7.84. The molecular formula is C19H24N2O4S. The predicted octanol–water partition coefficient (Wildman–Crippen LogP) is 2.35. The van der Waals surface area contributed by atoms with Crippen LogP contribution in [0.4, 0.5) is 5.69 Å². The van der Waals surface area contributed by atoms with E-state index in [-0.39, 0.29) is 32.0 Å². The number of nitrogens with one attached hydrogen (secondary N) is 1. The number of hydrogen-bond donors (Lipinski definition) is 1. The molecule has 1 amide bonds. The number of aryl methyl sites for hydroxylation is 1. The van der Waals surface area contributed by atoms with Gasteiger partial charge in [0.05, 0.1) is 31.5 Å². The van der Waals surface area contributed by atoms with Crippen molar-refractivity contribution in [2.45, 2.75) is 13.3 Å². The van der Waals surface area contributed by atoms with Crippen LogP contribution in [-0.2, 0) is 14.8 Å². The number of benzene rings is 2. The van der Waals surface area contributed by atoms with Crippen molar-refractivity contribution in [3.63, 3.8) is 0 Å². The SMILES string of the molecule is Cc1ccc(N(CCNC(=O)CCOc2ccccc2)S(C)(=O)=O)cc1. The lowest BCUT2D eigenvalue weighted by Crippen LogP contribution is -2.38. The lowest BCUT2D eigenvalue weighted by Gasteiger charge is -2.22. The van der Waals surface area contributed by atoms with Crippen molar-refractivity contribution in [1.29, 1.82) is 0 Å². The molecule has 0 saturated heterocycles. The Labute approximate surface area is 154 Å². The van der Waals surface area contributed by atoms with Crippen LogP contribution in [0.25, 0.3) is 0 Å². The zero-order valence-corrected chi connectivity index (χ0v) is 15.8. The fourth-order valence-electron chi connectivity index (χ4n) is 2.36. The summed E-state index contributed by atoms with van der Waals surface area (Å²) in [7, 11) is -3.42. The minimum Gasteiger partial charge on any atom is -0.493 e. The van der Waals surface area contributed by atoms with Crippen LogP contribution in [0.2, 0.25) is 0 Å². The predicted molar refractivity (Wildman–Crippen MR) is 103 cm³/mol. The average Bonchev–Trinajstić information content (AvgIpc) is 2.60. The maximum Gasteiger partial charge on any atom is 0.232 e. The summed E-state index contributed by atoms with van der Waals surface area (Å²) in [5, 5.41) is 2.73. The Kier molecular flexibility index (Phi) is 7.03. The van der Waals surface area contributed by atoms with Crippen LogP contribution < -0.4 is 14.4 Å². The number of hydrogen-bond acceptors (Lipinski definition) is 4. The molecule has 0 heterocycles. The lowest BCUT2D eigenvalue weighted by atomic mass is 10.2. The maximum atomic E-state index is 12.0. The molecule has 6 nitrogen and oxygen atoms in total. The largest absolute Gasteiger partial charge is 0.493 e. The molecule has 2 rings (SSSR count). The monoisotopic (exact) mass is 376 g/mol. The van der Waals surface area contributed by atoms with Crippen molar-refractivity contribution in [3.05, 3.63) is 60.2 Å². The van der Waals surface area contributed by atoms with E-state index < -0.39 is 10.0 Å². The molecule has 0 atom stereocenters. The molecule has 0 aliphatic carbocycles. The fourth-order valence-corrected chi connectivity index (χ4v) is 3.29. The molecule has 0 fully saturated rings. The maximum absolute atomic E-state index is 12.0. The van der Waals surface area contributed by atoms with E-state index in [0.717, 1.165) is 11.8 Å². The molecular weight excluding hydrogens is 352 g/mol. The number of ether oxygens (including phenoxy) is 1. The molecule has 7 heteroatoms. The number of anilines is 1. The minimum atomic E-state index is -3.42. The second-order valence-electron chi connectivity index (χ2n) is 5.93. The Morgan fingerprint density at radius 2 is 1.73 bits per heavy atom. The molecule has 1 N–H and O–H groups in total. The first-order valence-electron chi connectivity index (χ1n) is 8.35. The van der Waals surface area contributed by atoms with Crippen molar-refractivity contribution < 1.29 is 17.9 Å². The molecule has 0 saturated carbocycles. The fraction of sp³-hybridized carbons (Fsp3) is 0.316. The van der Waals surface area contributed by atoms with Crippen molar-refractivity contribution in [2.75, 3.05) is 30.3 Å². The Morgan fingerprint density at radius 3 is 2.35 bits per heavy atom. The summed E-state index contributed by atoms with van der Waals surface area (Å²) in [6.07, 6.45) is 1.36. The van der Waals surface area contributed by atoms with Gasteiger partial charge in [-0.15, -0.1) is 0 Å². The quantitative estimate of drug-likeness (QED) is 0.729. The van der Waals surface area contributed by atoms with Crippen molar-refractivity contribution in [3.8, 4) is 5.75 Å². The number of para-hydroxylation sites is 1. The molecule has 0 spiro atoms. The van der Waals surface area contributed by atoms with Gasteiger partial charge in [0.25, 0.3) is 0 Å². The van der Waals surface area contributed by atoms with Gasteiger partial charge in [-0.05, 0) is 31.2 Å². The van der Waals surface area contributed by atoms with Gasteiger partial charge in [-0.2, -0.15) is 0 Å². The first-order chi connectivity index (χ1) is 12.4. The van der Waals surface area contributed by atoms with Gasteiger partial charge in [-0.1, -0.05) is 35.9 Å². The van der Waals surface area contributed by atoms with Crippen LogP contribution in [0.15, 0.2) is 54.6 Å². The lowest BCUT2D eigenvalue weighted by molar-refractivity contribution is -0.121. The molecule has 0 unspecified atom stereocenters. The highest BCUT2D eigenvalue weighted by Gasteiger charge is 2.17. The third-order valence-electron chi connectivity index (χ3n) is 3.70. The summed E-state index contributed by atoms with van der Waals surface area (Å²) in [6, 6.07) is 16.5. The first kappa shape index (κ1) is 19.8. The zero-order valence-electron chi connectivity index (χ0n) is 15.0. The van der Waals surface area contributed by atoms with Crippen LogP contribution in [0.5, 0.6) is 5.75 Å². The van der Waals surface area contributed by atoms with Crippen molar-refractivity contribution in [1.82, 2.24) is 5.32 Å². The van der Waals surface area contributed by atoms with E-state index in [1.165, 1.54) is 4.31 Å². The van der Waals surface area contributed by atoms with E-state index in [2.05, 4.69) is 5.32 Å².